The van der Waals surface area contributed by atoms with Crippen LogP contribution in [0.4, 0.5) is 5.69 Å². The predicted molar refractivity (Wildman–Crippen MR) is 84.3 cm³/mol. The van der Waals surface area contributed by atoms with Gasteiger partial charge in [0.2, 0.25) is 5.91 Å². The molecule has 0 aromatic heterocycles. The van der Waals surface area contributed by atoms with Crippen molar-refractivity contribution in [3.05, 3.63) is 36.4 Å². The Morgan fingerprint density at radius 1 is 1.48 bits per heavy atom. The third-order valence-electron chi connectivity index (χ3n) is 3.35. The number of amides is 2. The molecule has 2 amide bonds. The Bertz CT molecular complexity index is 742. The van der Waals surface area contributed by atoms with Gasteiger partial charge in [-0.2, -0.15) is 0 Å². The van der Waals surface area contributed by atoms with Crippen molar-refractivity contribution >= 4 is 27.5 Å². The highest BCUT2D eigenvalue weighted by Gasteiger charge is 2.24. The van der Waals surface area contributed by atoms with Crippen LogP contribution in [0.25, 0.3) is 0 Å². The molecule has 1 unspecified atom stereocenters. The number of rotatable bonds is 6. The van der Waals surface area contributed by atoms with Gasteiger partial charge in [0.1, 0.15) is 6.10 Å². The van der Waals surface area contributed by atoms with Crippen molar-refractivity contribution in [1.29, 1.82) is 0 Å². The zero-order valence-corrected chi connectivity index (χ0v) is 13.5. The van der Waals surface area contributed by atoms with E-state index in [9.17, 15) is 18.0 Å². The van der Waals surface area contributed by atoms with Crippen molar-refractivity contribution in [2.75, 3.05) is 11.9 Å². The highest BCUT2D eigenvalue weighted by atomic mass is 32.2. The zero-order valence-electron chi connectivity index (χ0n) is 12.7. The molecule has 1 atom stereocenters. The quantitative estimate of drug-likeness (QED) is 0.753. The lowest BCUT2D eigenvalue weighted by Gasteiger charge is -2.18. The first-order valence-electron chi connectivity index (χ1n) is 7.05. The number of sulfonamides is 1. The zero-order chi connectivity index (χ0) is 17.0. The molecule has 23 heavy (non-hydrogen) atoms. The average Bonchev–Trinajstić information content (AvgIpc) is 2.51. The second-order valence-corrected chi connectivity index (χ2v) is 6.78. The monoisotopic (exact) mass is 338 g/mol. The standard InChI is InChI=1S/C15H18N2O5S/c1-3-8-22-10(2)15(19)17-23(20,21)12-5-6-13-11(9-12)4-7-14(18)16-13/h3,5-6,9-10H,1,4,7-8H2,2H3,(H,16,18)(H,17,19). The number of benzene rings is 1. The molecule has 2 rings (SSSR count). The van der Waals surface area contributed by atoms with E-state index in [1.807, 2.05) is 4.72 Å². The Morgan fingerprint density at radius 2 is 2.22 bits per heavy atom. The van der Waals surface area contributed by atoms with E-state index in [0.717, 1.165) is 5.56 Å². The molecule has 0 aliphatic carbocycles. The topological polar surface area (TPSA) is 102 Å². The van der Waals surface area contributed by atoms with E-state index in [-0.39, 0.29) is 17.4 Å². The molecule has 0 saturated carbocycles. The molecule has 1 aliphatic rings. The Labute approximate surface area is 134 Å². The van der Waals surface area contributed by atoms with E-state index < -0.39 is 22.0 Å². The van der Waals surface area contributed by atoms with E-state index in [2.05, 4.69) is 11.9 Å². The molecule has 1 heterocycles. The van der Waals surface area contributed by atoms with E-state index in [1.54, 1.807) is 0 Å². The number of hydrogen-bond donors (Lipinski definition) is 2. The summed E-state index contributed by atoms with van der Waals surface area (Å²) in [7, 11) is -3.99. The van der Waals surface area contributed by atoms with Gasteiger partial charge in [-0.25, -0.2) is 13.1 Å². The van der Waals surface area contributed by atoms with Gasteiger partial charge in [-0.05, 0) is 37.1 Å². The van der Waals surface area contributed by atoms with Crippen LogP contribution in [0, 0.1) is 0 Å². The molecule has 0 fully saturated rings. The van der Waals surface area contributed by atoms with Gasteiger partial charge < -0.3 is 10.1 Å². The molecular formula is C15H18N2O5S. The lowest BCUT2D eigenvalue weighted by Crippen LogP contribution is -2.38. The summed E-state index contributed by atoms with van der Waals surface area (Å²) in [5, 5.41) is 2.67. The number of ether oxygens (including phenoxy) is 1. The summed E-state index contributed by atoms with van der Waals surface area (Å²) >= 11 is 0. The largest absolute Gasteiger partial charge is 0.365 e. The maximum absolute atomic E-state index is 12.3. The Kier molecular flexibility index (Phi) is 5.17. The van der Waals surface area contributed by atoms with E-state index in [1.165, 1.54) is 31.2 Å². The fourth-order valence-corrected chi connectivity index (χ4v) is 3.18. The number of nitrogens with one attached hydrogen (secondary N) is 2. The number of fused-ring (bicyclic) bond motifs is 1. The molecule has 7 nitrogen and oxygen atoms in total. The molecule has 8 heteroatoms. The number of anilines is 1. The van der Waals surface area contributed by atoms with Gasteiger partial charge in [-0.15, -0.1) is 6.58 Å². The van der Waals surface area contributed by atoms with Crippen LogP contribution >= 0.6 is 0 Å². The Hall–Kier alpha value is -2.19. The molecular weight excluding hydrogens is 320 g/mol. The summed E-state index contributed by atoms with van der Waals surface area (Å²) in [6, 6.07) is 4.32. The second kappa shape index (κ2) is 6.93. The van der Waals surface area contributed by atoms with Crippen molar-refractivity contribution < 1.29 is 22.7 Å². The van der Waals surface area contributed by atoms with Crippen molar-refractivity contribution in [2.24, 2.45) is 0 Å². The number of carbonyl (C=O) groups excluding carboxylic acids is 2. The molecule has 0 spiro atoms. The van der Waals surface area contributed by atoms with Crippen LogP contribution in [0.5, 0.6) is 0 Å². The maximum atomic E-state index is 12.3. The van der Waals surface area contributed by atoms with Gasteiger partial charge in [0.05, 0.1) is 11.5 Å². The molecule has 124 valence electrons. The molecule has 1 aromatic rings. The summed E-state index contributed by atoms with van der Waals surface area (Å²) in [5.74, 6) is -0.854. The van der Waals surface area contributed by atoms with Crippen molar-refractivity contribution in [2.45, 2.75) is 30.8 Å². The molecule has 0 bridgehead atoms. The van der Waals surface area contributed by atoms with Gasteiger partial charge in [0.25, 0.3) is 15.9 Å². The SMILES string of the molecule is C=CCOC(C)C(=O)NS(=O)(=O)c1ccc2c(c1)CCC(=O)N2. The minimum Gasteiger partial charge on any atom is -0.365 e. The van der Waals surface area contributed by atoms with Crippen LogP contribution < -0.4 is 10.0 Å². The van der Waals surface area contributed by atoms with E-state index in [4.69, 9.17) is 4.74 Å². The Morgan fingerprint density at radius 3 is 2.91 bits per heavy atom. The first kappa shape index (κ1) is 17.2. The summed E-state index contributed by atoms with van der Waals surface area (Å²) in [6.07, 6.45) is 1.31. The van der Waals surface area contributed by atoms with Gasteiger partial charge in [0.15, 0.2) is 0 Å². The maximum Gasteiger partial charge on any atom is 0.264 e. The summed E-state index contributed by atoms with van der Waals surface area (Å²) in [5.41, 5.74) is 1.31. The first-order valence-corrected chi connectivity index (χ1v) is 8.54. The minimum atomic E-state index is -3.99. The summed E-state index contributed by atoms with van der Waals surface area (Å²) < 4.78 is 31.6. The highest BCUT2D eigenvalue weighted by molar-refractivity contribution is 7.90. The molecule has 1 aromatic carbocycles. The molecule has 1 aliphatic heterocycles. The van der Waals surface area contributed by atoms with Crippen LogP contribution in [-0.4, -0.2) is 32.9 Å². The van der Waals surface area contributed by atoms with Crippen LogP contribution in [0.15, 0.2) is 35.7 Å². The highest BCUT2D eigenvalue weighted by Crippen LogP contribution is 2.25. The van der Waals surface area contributed by atoms with Crippen molar-refractivity contribution in [3.8, 4) is 0 Å². The summed E-state index contributed by atoms with van der Waals surface area (Å²) in [4.78, 5) is 23.1. The van der Waals surface area contributed by atoms with E-state index in [0.29, 0.717) is 18.5 Å². The molecule has 0 radical (unpaired) electrons. The second-order valence-electron chi connectivity index (χ2n) is 5.10. The normalized spacial score (nSPS) is 15.3. The number of hydrogen-bond acceptors (Lipinski definition) is 5. The number of carbonyl (C=O) groups is 2. The van der Waals surface area contributed by atoms with Gasteiger partial charge in [-0.3, -0.25) is 9.59 Å². The third kappa shape index (κ3) is 4.17. The Balaban J connectivity index is 2.15. The fourth-order valence-electron chi connectivity index (χ4n) is 2.09. The third-order valence-corrected chi connectivity index (χ3v) is 4.70. The van der Waals surface area contributed by atoms with Crippen LogP contribution in [0.3, 0.4) is 0 Å². The van der Waals surface area contributed by atoms with Gasteiger partial charge in [-0.1, -0.05) is 6.08 Å². The predicted octanol–water partition coefficient (Wildman–Crippen LogP) is 0.967. The van der Waals surface area contributed by atoms with Gasteiger partial charge in [0, 0.05) is 12.1 Å². The van der Waals surface area contributed by atoms with Gasteiger partial charge >= 0.3 is 0 Å². The minimum absolute atomic E-state index is 0.0309. The molecule has 2 N–H and O–H groups in total. The molecule has 0 saturated heterocycles. The van der Waals surface area contributed by atoms with Crippen LogP contribution in [0.1, 0.15) is 18.9 Å². The lowest BCUT2D eigenvalue weighted by atomic mass is 10.0. The fraction of sp³-hybridized carbons (Fsp3) is 0.333. The van der Waals surface area contributed by atoms with Crippen molar-refractivity contribution in [3.63, 3.8) is 0 Å². The smallest absolute Gasteiger partial charge is 0.264 e. The number of aryl methyl sites for hydroxylation is 1. The lowest BCUT2D eigenvalue weighted by molar-refractivity contribution is -0.129. The summed E-state index contributed by atoms with van der Waals surface area (Å²) in [6.45, 7) is 5.06. The van der Waals surface area contributed by atoms with Crippen LogP contribution in [-0.2, 0) is 30.8 Å². The van der Waals surface area contributed by atoms with E-state index >= 15 is 0 Å². The van der Waals surface area contributed by atoms with Crippen molar-refractivity contribution in [1.82, 2.24) is 4.72 Å². The average molecular weight is 338 g/mol. The van der Waals surface area contributed by atoms with Crippen LogP contribution in [0.2, 0.25) is 0 Å². The first-order chi connectivity index (χ1) is 10.8.